The van der Waals surface area contributed by atoms with E-state index in [1.807, 2.05) is 4.90 Å². The maximum atomic E-state index is 13.1. The van der Waals surface area contributed by atoms with Crippen LogP contribution in [0.5, 0.6) is 5.75 Å². The van der Waals surface area contributed by atoms with Crippen molar-refractivity contribution in [3.63, 3.8) is 0 Å². The van der Waals surface area contributed by atoms with Crippen LogP contribution in [-0.2, 0) is 22.3 Å². The second-order valence-electron chi connectivity index (χ2n) is 6.56. The summed E-state index contributed by atoms with van der Waals surface area (Å²) in [5, 5.41) is -0.0224. The molecule has 1 saturated heterocycles. The van der Waals surface area contributed by atoms with Crippen LogP contribution in [0.15, 0.2) is 30.6 Å². The van der Waals surface area contributed by atoms with Gasteiger partial charge in [0.1, 0.15) is 6.61 Å². The Morgan fingerprint density at radius 3 is 2.48 bits per heavy atom. The van der Waals surface area contributed by atoms with Crippen LogP contribution in [0.3, 0.4) is 0 Å². The van der Waals surface area contributed by atoms with E-state index in [1.54, 1.807) is 0 Å². The lowest BCUT2D eigenvalue weighted by atomic mass is 9.97. The molecule has 0 saturated carbocycles. The van der Waals surface area contributed by atoms with Crippen molar-refractivity contribution in [2.45, 2.75) is 25.6 Å². The Morgan fingerprint density at radius 1 is 1.24 bits per heavy atom. The average Bonchev–Trinajstić information content (AvgIpc) is 2.72. The van der Waals surface area contributed by atoms with E-state index in [0.717, 1.165) is 6.07 Å². The molecule has 1 aromatic carbocycles. The van der Waals surface area contributed by atoms with Gasteiger partial charge < -0.3 is 14.4 Å². The van der Waals surface area contributed by atoms with E-state index < -0.39 is 11.7 Å². The second-order valence-corrected chi connectivity index (χ2v) is 6.96. The normalized spacial score (nSPS) is 15.3. The van der Waals surface area contributed by atoms with E-state index in [0.29, 0.717) is 31.9 Å². The van der Waals surface area contributed by atoms with Gasteiger partial charge >= 0.3 is 12.1 Å². The summed E-state index contributed by atoms with van der Waals surface area (Å²) in [6, 6.07) is 3.59. The first kappa shape index (κ1) is 21.2. The van der Waals surface area contributed by atoms with Crippen LogP contribution >= 0.6 is 11.6 Å². The first-order valence-electron chi connectivity index (χ1n) is 8.91. The highest BCUT2D eigenvalue weighted by atomic mass is 35.5. The Bertz CT molecular complexity index is 854. The molecule has 1 fully saturated rings. The fourth-order valence-corrected chi connectivity index (χ4v) is 3.38. The molecule has 0 aliphatic carbocycles. The average molecular weight is 430 g/mol. The van der Waals surface area contributed by atoms with Crippen LogP contribution in [-0.4, -0.2) is 36.1 Å². The van der Waals surface area contributed by atoms with Crippen molar-refractivity contribution in [2.24, 2.45) is 5.92 Å². The Kier molecular flexibility index (Phi) is 6.46. The van der Waals surface area contributed by atoms with Crippen LogP contribution in [0.25, 0.3) is 0 Å². The van der Waals surface area contributed by atoms with Gasteiger partial charge in [-0.3, -0.25) is 4.79 Å². The van der Waals surface area contributed by atoms with Gasteiger partial charge in [0.2, 0.25) is 5.95 Å². The summed E-state index contributed by atoms with van der Waals surface area (Å²) in [6.45, 7) is 0.852. The zero-order valence-electron chi connectivity index (χ0n) is 15.6. The number of anilines is 1. The number of halogens is 4. The van der Waals surface area contributed by atoms with E-state index in [4.69, 9.17) is 21.1 Å². The third-order valence-electron chi connectivity index (χ3n) is 4.73. The lowest BCUT2D eigenvalue weighted by molar-refractivity contribution is -0.146. The minimum Gasteiger partial charge on any atom is -0.486 e. The quantitative estimate of drug-likeness (QED) is 0.666. The molecule has 1 aliphatic rings. The van der Waals surface area contributed by atoms with Gasteiger partial charge in [0.05, 0.1) is 31.0 Å². The lowest BCUT2D eigenvalue weighted by Gasteiger charge is -2.30. The van der Waals surface area contributed by atoms with Crippen molar-refractivity contribution >= 4 is 23.5 Å². The van der Waals surface area contributed by atoms with E-state index in [2.05, 4.69) is 9.97 Å². The van der Waals surface area contributed by atoms with Gasteiger partial charge in [0, 0.05) is 23.7 Å². The smallest absolute Gasteiger partial charge is 0.416 e. The molecule has 29 heavy (non-hydrogen) atoms. The molecule has 0 spiro atoms. The van der Waals surface area contributed by atoms with Crippen molar-refractivity contribution in [3.05, 3.63) is 46.7 Å². The lowest BCUT2D eigenvalue weighted by Crippen LogP contribution is -2.37. The minimum atomic E-state index is -4.53. The molecular formula is C19H19ClF3N3O3. The van der Waals surface area contributed by atoms with Crippen molar-refractivity contribution in [1.29, 1.82) is 0 Å². The molecule has 0 radical (unpaired) electrons. The molecule has 3 rings (SSSR count). The van der Waals surface area contributed by atoms with Gasteiger partial charge in [-0.1, -0.05) is 17.7 Å². The molecule has 2 aromatic rings. The van der Waals surface area contributed by atoms with Gasteiger partial charge in [-0.15, -0.1) is 0 Å². The van der Waals surface area contributed by atoms with Crippen LogP contribution in [0.1, 0.15) is 24.0 Å². The summed E-state index contributed by atoms with van der Waals surface area (Å²) < 4.78 is 49.6. The van der Waals surface area contributed by atoms with E-state index in [9.17, 15) is 18.0 Å². The zero-order chi connectivity index (χ0) is 21.0. The third kappa shape index (κ3) is 5.09. The van der Waals surface area contributed by atoms with Crippen LogP contribution in [0.4, 0.5) is 19.1 Å². The fraction of sp³-hybridized carbons (Fsp3) is 0.421. The summed E-state index contributed by atoms with van der Waals surface area (Å²) in [7, 11) is 1.37. The number of hydrogen-bond donors (Lipinski definition) is 0. The van der Waals surface area contributed by atoms with Crippen molar-refractivity contribution in [3.8, 4) is 5.75 Å². The van der Waals surface area contributed by atoms with Gasteiger partial charge in [0.15, 0.2) is 5.75 Å². The molecule has 1 aliphatic heterocycles. The maximum absolute atomic E-state index is 13.1. The number of hydrogen-bond acceptors (Lipinski definition) is 6. The number of carbonyl (C=O) groups is 1. The molecular weight excluding hydrogens is 411 g/mol. The standard InChI is InChI=1S/C19H19ClF3N3O3/c1-28-17(27)12-5-7-26(8-6-12)18-24-9-13(10-25-18)29-11-14-15(19(21,22)23)3-2-4-16(14)20/h2-4,9-10,12H,5-8,11H2,1H3. The molecule has 2 heterocycles. The number of aromatic nitrogens is 2. The number of piperidine rings is 1. The number of ether oxygens (including phenoxy) is 2. The zero-order valence-corrected chi connectivity index (χ0v) is 16.3. The molecule has 10 heteroatoms. The Morgan fingerprint density at radius 2 is 1.90 bits per heavy atom. The van der Waals surface area contributed by atoms with Gasteiger partial charge in [-0.05, 0) is 25.0 Å². The molecule has 0 amide bonds. The summed E-state index contributed by atoms with van der Waals surface area (Å²) in [5.74, 6) is 0.352. The Balaban J connectivity index is 1.62. The molecule has 0 N–H and O–H groups in total. The third-order valence-corrected chi connectivity index (χ3v) is 5.09. The summed E-state index contributed by atoms with van der Waals surface area (Å²) >= 11 is 5.92. The predicted octanol–water partition coefficient (Wildman–Crippen LogP) is 4.12. The number of rotatable bonds is 5. The molecule has 0 atom stereocenters. The topological polar surface area (TPSA) is 64.5 Å². The van der Waals surface area contributed by atoms with Gasteiger partial charge in [0.25, 0.3) is 0 Å². The van der Waals surface area contributed by atoms with Crippen molar-refractivity contribution in [2.75, 3.05) is 25.1 Å². The number of carbonyl (C=O) groups excluding carboxylic acids is 1. The van der Waals surface area contributed by atoms with Crippen molar-refractivity contribution in [1.82, 2.24) is 9.97 Å². The van der Waals surface area contributed by atoms with E-state index in [1.165, 1.54) is 31.6 Å². The summed E-state index contributed by atoms with van der Waals surface area (Å²) in [6.07, 6.45) is -0.444. The SMILES string of the molecule is COC(=O)C1CCN(c2ncc(OCc3c(Cl)cccc3C(F)(F)F)cn2)CC1. The fourth-order valence-electron chi connectivity index (χ4n) is 3.16. The number of nitrogens with zero attached hydrogens (tertiary/aromatic N) is 3. The number of alkyl halides is 3. The first-order valence-corrected chi connectivity index (χ1v) is 9.29. The van der Waals surface area contributed by atoms with Crippen LogP contribution in [0, 0.1) is 5.92 Å². The Hall–Kier alpha value is -2.55. The first-order chi connectivity index (χ1) is 13.8. The minimum absolute atomic E-state index is 0.0224. The van der Waals surface area contributed by atoms with Gasteiger partial charge in [-0.25, -0.2) is 9.97 Å². The highest BCUT2D eigenvalue weighted by Crippen LogP contribution is 2.35. The number of benzene rings is 1. The molecule has 6 nitrogen and oxygen atoms in total. The highest BCUT2D eigenvalue weighted by molar-refractivity contribution is 6.31. The summed E-state index contributed by atoms with van der Waals surface area (Å²) in [4.78, 5) is 21.9. The van der Waals surface area contributed by atoms with Crippen LogP contribution < -0.4 is 9.64 Å². The highest BCUT2D eigenvalue weighted by Gasteiger charge is 2.34. The van der Waals surface area contributed by atoms with Crippen molar-refractivity contribution < 1.29 is 27.4 Å². The summed E-state index contributed by atoms with van der Waals surface area (Å²) in [5.41, 5.74) is -0.980. The monoisotopic (exact) mass is 429 g/mol. The van der Waals surface area contributed by atoms with E-state index in [-0.39, 0.29) is 34.8 Å². The van der Waals surface area contributed by atoms with Crippen LogP contribution in [0.2, 0.25) is 5.02 Å². The Labute approximate surface area is 170 Å². The van der Waals surface area contributed by atoms with E-state index >= 15 is 0 Å². The molecule has 156 valence electrons. The number of esters is 1. The molecule has 0 bridgehead atoms. The maximum Gasteiger partial charge on any atom is 0.416 e. The second kappa shape index (κ2) is 8.86. The van der Waals surface area contributed by atoms with Gasteiger partial charge in [-0.2, -0.15) is 13.2 Å². The molecule has 0 unspecified atom stereocenters. The number of methoxy groups -OCH3 is 1. The predicted molar refractivity (Wildman–Crippen MR) is 99.8 cm³/mol. The largest absolute Gasteiger partial charge is 0.486 e. The molecule has 1 aromatic heterocycles.